The maximum Gasteiger partial charge on any atom is 0.319 e. The molecule has 0 aromatic heterocycles. The Morgan fingerprint density at radius 3 is 2.47 bits per heavy atom. The van der Waals surface area contributed by atoms with Crippen LogP contribution in [0.2, 0.25) is 0 Å². The van der Waals surface area contributed by atoms with Crippen molar-refractivity contribution in [2.45, 2.75) is 12.8 Å². The molecule has 0 atom stereocenters. The van der Waals surface area contributed by atoms with Gasteiger partial charge < -0.3 is 14.9 Å². The lowest BCUT2D eigenvalue weighted by atomic mass is 9.97. The minimum atomic E-state index is -0.743. The molecule has 1 fully saturated rings. The molecule has 5 nitrogen and oxygen atoms in total. The number of nitrogens with zero attached hydrogens (tertiary/aromatic N) is 2. The van der Waals surface area contributed by atoms with Gasteiger partial charge in [0.25, 0.3) is 0 Å². The molecule has 0 aromatic carbocycles. The molecule has 1 heterocycles. The lowest BCUT2D eigenvalue weighted by molar-refractivity contribution is -0.143. The molecule has 0 spiro atoms. The van der Waals surface area contributed by atoms with Crippen LogP contribution >= 0.6 is 11.8 Å². The van der Waals surface area contributed by atoms with Crippen molar-refractivity contribution < 1.29 is 14.7 Å². The van der Waals surface area contributed by atoms with E-state index in [9.17, 15) is 9.59 Å². The predicted octanol–water partition coefficient (Wildman–Crippen LogP) is 1.20. The summed E-state index contributed by atoms with van der Waals surface area (Å²) >= 11 is 1.71. The summed E-state index contributed by atoms with van der Waals surface area (Å²) in [5.74, 6) is -0.100. The molecule has 0 radical (unpaired) electrons. The van der Waals surface area contributed by atoms with E-state index in [4.69, 9.17) is 5.11 Å². The molecule has 2 amide bonds. The van der Waals surface area contributed by atoms with Crippen molar-refractivity contribution in [1.82, 2.24) is 9.80 Å². The molecule has 0 unspecified atom stereocenters. The summed E-state index contributed by atoms with van der Waals surface area (Å²) < 4.78 is 0. The standard InChI is InChI=1S/C11H20N2O3S/c1-12(7-8-17-2)11(16)13-5-3-9(4-6-13)10(14)15/h9H,3-8H2,1-2H3,(H,14,15). The van der Waals surface area contributed by atoms with Crippen molar-refractivity contribution in [2.75, 3.05) is 38.7 Å². The number of rotatable bonds is 4. The van der Waals surface area contributed by atoms with E-state index in [1.807, 2.05) is 6.26 Å². The second-order valence-corrected chi connectivity index (χ2v) is 5.28. The molecule has 0 aliphatic carbocycles. The van der Waals surface area contributed by atoms with Crippen molar-refractivity contribution in [3.63, 3.8) is 0 Å². The number of likely N-dealkylation sites (tertiary alicyclic amines) is 1. The number of carbonyl (C=O) groups excluding carboxylic acids is 1. The van der Waals surface area contributed by atoms with E-state index in [2.05, 4.69) is 0 Å². The molecule has 0 saturated carbocycles. The first kappa shape index (κ1) is 14.2. The summed E-state index contributed by atoms with van der Waals surface area (Å²) in [4.78, 5) is 26.2. The summed E-state index contributed by atoms with van der Waals surface area (Å²) in [6.07, 6.45) is 3.14. The first-order valence-corrected chi connectivity index (χ1v) is 7.17. The summed E-state index contributed by atoms with van der Waals surface area (Å²) in [7, 11) is 1.79. The molecule has 1 aliphatic heterocycles. The van der Waals surface area contributed by atoms with Gasteiger partial charge in [-0.15, -0.1) is 0 Å². The lowest BCUT2D eigenvalue weighted by Crippen LogP contribution is -2.46. The molecule has 1 N–H and O–H groups in total. The average molecular weight is 260 g/mol. The highest BCUT2D eigenvalue weighted by atomic mass is 32.2. The van der Waals surface area contributed by atoms with Crippen molar-refractivity contribution in [1.29, 1.82) is 0 Å². The van der Waals surface area contributed by atoms with E-state index < -0.39 is 5.97 Å². The van der Waals surface area contributed by atoms with E-state index in [-0.39, 0.29) is 11.9 Å². The second-order valence-electron chi connectivity index (χ2n) is 4.30. The fraction of sp³-hybridized carbons (Fsp3) is 0.818. The van der Waals surface area contributed by atoms with Gasteiger partial charge in [-0.25, -0.2) is 4.79 Å². The third-order valence-corrected chi connectivity index (χ3v) is 3.66. The zero-order valence-corrected chi connectivity index (χ0v) is 11.2. The number of piperidine rings is 1. The fourth-order valence-corrected chi connectivity index (χ4v) is 2.34. The minimum absolute atomic E-state index is 0.0166. The third kappa shape index (κ3) is 4.11. The molecule has 1 aliphatic rings. The Kier molecular flexibility index (Phi) is 5.61. The third-order valence-electron chi connectivity index (χ3n) is 3.07. The van der Waals surface area contributed by atoms with Crippen LogP contribution in [0, 0.1) is 5.92 Å². The zero-order valence-electron chi connectivity index (χ0n) is 10.4. The molecule has 0 bridgehead atoms. The number of carbonyl (C=O) groups is 2. The Morgan fingerprint density at radius 1 is 1.41 bits per heavy atom. The molecule has 1 saturated heterocycles. The van der Waals surface area contributed by atoms with Gasteiger partial charge in [-0.2, -0.15) is 11.8 Å². The van der Waals surface area contributed by atoms with Crippen LogP contribution in [0.3, 0.4) is 0 Å². The van der Waals surface area contributed by atoms with E-state index in [1.165, 1.54) is 0 Å². The minimum Gasteiger partial charge on any atom is -0.481 e. The first-order valence-electron chi connectivity index (χ1n) is 5.78. The van der Waals surface area contributed by atoms with Gasteiger partial charge >= 0.3 is 12.0 Å². The fourth-order valence-electron chi connectivity index (χ4n) is 1.88. The van der Waals surface area contributed by atoms with Crippen molar-refractivity contribution in [3.05, 3.63) is 0 Å². The van der Waals surface area contributed by atoms with Crippen LogP contribution < -0.4 is 0 Å². The summed E-state index contributed by atoms with van der Waals surface area (Å²) in [6, 6.07) is 0.0166. The topological polar surface area (TPSA) is 60.9 Å². The molecule has 17 heavy (non-hydrogen) atoms. The number of carboxylic acid groups (broad SMARTS) is 1. The number of amides is 2. The molecular weight excluding hydrogens is 240 g/mol. The Balaban J connectivity index is 2.37. The van der Waals surface area contributed by atoms with Crippen LogP contribution in [0.5, 0.6) is 0 Å². The number of hydrogen-bond acceptors (Lipinski definition) is 3. The summed E-state index contributed by atoms with van der Waals surface area (Å²) in [5.41, 5.74) is 0. The smallest absolute Gasteiger partial charge is 0.319 e. The van der Waals surface area contributed by atoms with Gasteiger partial charge in [0.05, 0.1) is 5.92 Å². The van der Waals surface area contributed by atoms with Gasteiger partial charge in [0.1, 0.15) is 0 Å². The Labute approximate surface area is 106 Å². The largest absolute Gasteiger partial charge is 0.481 e. The molecule has 1 rings (SSSR count). The van der Waals surface area contributed by atoms with Crippen LogP contribution in [0.1, 0.15) is 12.8 Å². The molecule has 6 heteroatoms. The maximum absolute atomic E-state index is 12.0. The maximum atomic E-state index is 12.0. The average Bonchev–Trinajstić information content (AvgIpc) is 2.35. The predicted molar refractivity (Wildman–Crippen MR) is 68.3 cm³/mol. The quantitative estimate of drug-likeness (QED) is 0.825. The van der Waals surface area contributed by atoms with E-state index in [0.717, 1.165) is 12.3 Å². The second kappa shape index (κ2) is 6.74. The molecule has 98 valence electrons. The van der Waals surface area contributed by atoms with E-state index >= 15 is 0 Å². The highest BCUT2D eigenvalue weighted by Crippen LogP contribution is 2.18. The summed E-state index contributed by atoms with van der Waals surface area (Å²) in [5, 5.41) is 8.87. The van der Waals surface area contributed by atoms with Crippen LogP contribution in [0.15, 0.2) is 0 Å². The van der Waals surface area contributed by atoms with Crippen molar-refractivity contribution in [2.24, 2.45) is 5.92 Å². The lowest BCUT2D eigenvalue weighted by Gasteiger charge is -2.33. The number of hydrogen-bond donors (Lipinski definition) is 1. The number of carboxylic acids is 1. The van der Waals surface area contributed by atoms with Gasteiger partial charge in [0, 0.05) is 32.4 Å². The SMILES string of the molecule is CSCCN(C)C(=O)N1CCC(C(=O)O)CC1. The van der Waals surface area contributed by atoms with Gasteiger partial charge in [-0.3, -0.25) is 4.79 Å². The molecule has 0 aromatic rings. The van der Waals surface area contributed by atoms with Crippen LogP contribution in [-0.2, 0) is 4.79 Å². The van der Waals surface area contributed by atoms with Crippen LogP contribution in [0.4, 0.5) is 4.79 Å². The Bertz CT molecular complexity index is 278. The van der Waals surface area contributed by atoms with Crippen molar-refractivity contribution >= 4 is 23.8 Å². The van der Waals surface area contributed by atoms with Gasteiger partial charge in [-0.1, -0.05) is 0 Å². The monoisotopic (exact) mass is 260 g/mol. The first-order chi connectivity index (χ1) is 8.06. The van der Waals surface area contributed by atoms with Crippen LogP contribution in [-0.4, -0.2) is 65.6 Å². The Morgan fingerprint density at radius 2 is 2.00 bits per heavy atom. The van der Waals surface area contributed by atoms with E-state index in [0.29, 0.717) is 25.9 Å². The van der Waals surface area contributed by atoms with E-state index in [1.54, 1.807) is 28.6 Å². The highest BCUT2D eigenvalue weighted by Gasteiger charge is 2.28. The van der Waals surface area contributed by atoms with Gasteiger partial charge in [0.2, 0.25) is 0 Å². The number of aliphatic carboxylic acids is 1. The molecular formula is C11H20N2O3S. The number of thioether (sulfide) groups is 1. The normalized spacial score (nSPS) is 16.9. The number of urea groups is 1. The summed E-state index contributed by atoms with van der Waals surface area (Å²) in [6.45, 7) is 1.84. The van der Waals surface area contributed by atoms with Gasteiger partial charge in [-0.05, 0) is 19.1 Å². The Hall–Kier alpha value is -0.910. The van der Waals surface area contributed by atoms with Crippen LogP contribution in [0.25, 0.3) is 0 Å². The van der Waals surface area contributed by atoms with Crippen molar-refractivity contribution in [3.8, 4) is 0 Å². The van der Waals surface area contributed by atoms with Gasteiger partial charge in [0.15, 0.2) is 0 Å². The zero-order chi connectivity index (χ0) is 12.8. The highest BCUT2D eigenvalue weighted by molar-refractivity contribution is 7.98.